The van der Waals surface area contributed by atoms with Crippen LogP contribution in [0.15, 0.2) is 36.9 Å². The second-order valence-electron chi connectivity index (χ2n) is 6.77. The zero-order valence-electron chi connectivity index (χ0n) is 18.1. The number of hydrogen-bond donors (Lipinski definition) is 4. The zero-order valence-corrected chi connectivity index (χ0v) is 18.1. The molecule has 0 aliphatic rings. The summed E-state index contributed by atoms with van der Waals surface area (Å²) in [6, 6.07) is 3.07. The SMILES string of the molecule is CNC(=O)c1cc(C(=O)NC)c[n+](CCC[n+]2cc(C(=O)NC)cc(C(=O)NC)c2)c1. The zero-order chi connectivity index (χ0) is 23.0. The fourth-order valence-corrected chi connectivity index (χ4v) is 3.04. The maximum absolute atomic E-state index is 12.0. The topological polar surface area (TPSA) is 124 Å². The molecule has 0 spiro atoms. The van der Waals surface area contributed by atoms with Gasteiger partial charge in [-0.2, -0.15) is 0 Å². The number of aromatic nitrogens is 2. The summed E-state index contributed by atoms with van der Waals surface area (Å²) in [5.74, 6) is -1.16. The van der Waals surface area contributed by atoms with E-state index in [0.717, 1.165) is 0 Å². The molecule has 0 unspecified atom stereocenters. The van der Waals surface area contributed by atoms with E-state index in [-0.39, 0.29) is 23.6 Å². The molecule has 0 bridgehead atoms. The molecule has 0 radical (unpaired) electrons. The lowest BCUT2D eigenvalue weighted by Gasteiger charge is -2.05. The van der Waals surface area contributed by atoms with Crippen LogP contribution in [0.25, 0.3) is 0 Å². The van der Waals surface area contributed by atoms with Crippen LogP contribution in [0.4, 0.5) is 0 Å². The van der Waals surface area contributed by atoms with Gasteiger partial charge in [-0.05, 0) is 12.1 Å². The Kier molecular flexibility index (Phi) is 8.18. The smallest absolute Gasteiger partial charge is 0.257 e. The minimum absolute atomic E-state index is 0.289. The highest BCUT2D eigenvalue weighted by atomic mass is 16.2. The number of pyridine rings is 2. The van der Waals surface area contributed by atoms with Gasteiger partial charge in [-0.15, -0.1) is 0 Å². The van der Waals surface area contributed by atoms with Crippen molar-refractivity contribution in [3.05, 3.63) is 59.2 Å². The lowest BCUT2D eigenvalue weighted by Crippen LogP contribution is -2.42. The first-order chi connectivity index (χ1) is 14.8. The standard InChI is InChI=1S/C21H26N6O4/c1-22-18(28)14-8-15(19(29)23-2)11-26(10-14)6-5-7-27-12-16(20(30)24-3)9-17(13-27)21(31)25-4/h8-13H,5-7H2,1-4H3,(H2-2,22,23,24,25,28,29,30,31)/p+2. The van der Waals surface area contributed by atoms with Gasteiger partial charge in [0.25, 0.3) is 23.6 Å². The number of amides is 4. The molecule has 10 heteroatoms. The van der Waals surface area contributed by atoms with Crippen molar-refractivity contribution in [1.82, 2.24) is 21.3 Å². The Hall–Kier alpha value is -3.82. The van der Waals surface area contributed by atoms with E-state index in [1.807, 2.05) is 0 Å². The van der Waals surface area contributed by atoms with E-state index >= 15 is 0 Å². The third kappa shape index (κ3) is 6.08. The molecular formula is C21H28N6O4+2. The molecule has 4 amide bonds. The monoisotopic (exact) mass is 428 g/mol. The Balaban J connectivity index is 2.24. The minimum atomic E-state index is -0.289. The quantitative estimate of drug-likeness (QED) is 0.394. The predicted octanol–water partition coefficient (Wildman–Crippen LogP) is -1.21. The van der Waals surface area contributed by atoms with Crippen LogP contribution in [0.1, 0.15) is 47.9 Å². The van der Waals surface area contributed by atoms with Crippen molar-refractivity contribution in [3.63, 3.8) is 0 Å². The molecule has 10 nitrogen and oxygen atoms in total. The van der Waals surface area contributed by atoms with Crippen LogP contribution in [-0.4, -0.2) is 51.8 Å². The fraction of sp³-hybridized carbons (Fsp3) is 0.333. The third-order valence-corrected chi connectivity index (χ3v) is 4.63. The molecule has 0 fully saturated rings. The van der Waals surface area contributed by atoms with Gasteiger partial charge >= 0.3 is 0 Å². The average molecular weight is 428 g/mol. The summed E-state index contributed by atoms with van der Waals surface area (Å²) in [5, 5.41) is 10.2. The van der Waals surface area contributed by atoms with E-state index in [4.69, 9.17) is 0 Å². The second-order valence-corrected chi connectivity index (χ2v) is 6.77. The molecular weight excluding hydrogens is 400 g/mol. The first kappa shape index (κ1) is 23.5. The summed E-state index contributed by atoms with van der Waals surface area (Å²) < 4.78 is 3.55. The van der Waals surface area contributed by atoms with Crippen LogP contribution in [0.2, 0.25) is 0 Å². The van der Waals surface area contributed by atoms with E-state index < -0.39 is 0 Å². The molecule has 0 saturated carbocycles. The predicted molar refractivity (Wildman–Crippen MR) is 111 cm³/mol. The first-order valence-corrected chi connectivity index (χ1v) is 9.79. The Morgan fingerprint density at radius 1 is 0.581 bits per heavy atom. The Labute approximate surface area is 180 Å². The molecule has 0 aliphatic heterocycles. The van der Waals surface area contributed by atoms with E-state index in [0.29, 0.717) is 41.8 Å². The number of aryl methyl sites for hydroxylation is 2. The lowest BCUT2D eigenvalue weighted by atomic mass is 10.1. The normalized spacial score (nSPS) is 10.2. The van der Waals surface area contributed by atoms with Gasteiger partial charge < -0.3 is 21.3 Å². The average Bonchev–Trinajstić information content (AvgIpc) is 2.81. The van der Waals surface area contributed by atoms with Gasteiger partial charge in [0.1, 0.15) is 22.3 Å². The number of carbonyl (C=O) groups is 4. The summed E-state index contributed by atoms with van der Waals surface area (Å²) in [6.07, 6.45) is 7.32. The molecule has 4 N–H and O–H groups in total. The number of nitrogens with one attached hydrogen (secondary N) is 4. The highest BCUT2D eigenvalue weighted by Crippen LogP contribution is 2.04. The summed E-state index contributed by atoms with van der Waals surface area (Å²) in [7, 11) is 6.11. The summed E-state index contributed by atoms with van der Waals surface area (Å²) in [4.78, 5) is 48.2. The van der Waals surface area contributed by atoms with Crippen molar-refractivity contribution < 1.29 is 28.3 Å². The van der Waals surface area contributed by atoms with Crippen molar-refractivity contribution in [2.24, 2.45) is 0 Å². The van der Waals surface area contributed by atoms with Gasteiger partial charge in [-0.3, -0.25) is 19.2 Å². The largest absolute Gasteiger partial charge is 0.355 e. The lowest BCUT2D eigenvalue weighted by molar-refractivity contribution is -0.727. The van der Waals surface area contributed by atoms with Gasteiger partial charge in [0.15, 0.2) is 37.9 Å². The maximum atomic E-state index is 12.0. The molecule has 2 aromatic rings. The summed E-state index contributed by atoms with van der Waals surface area (Å²) in [6.45, 7) is 1.03. The molecule has 0 aromatic carbocycles. The van der Waals surface area contributed by atoms with Crippen molar-refractivity contribution in [3.8, 4) is 0 Å². The summed E-state index contributed by atoms with van der Waals surface area (Å²) >= 11 is 0. The number of rotatable bonds is 8. The van der Waals surface area contributed by atoms with Crippen molar-refractivity contribution in [1.29, 1.82) is 0 Å². The highest BCUT2D eigenvalue weighted by molar-refractivity contribution is 5.99. The first-order valence-electron chi connectivity index (χ1n) is 9.79. The van der Waals surface area contributed by atoms with E-state index in [9.17, 15) is 19.2 Å². The Morgan fingerprint density at radius 2 is 0.839 bits per heavy atom. The fourth-order valence-electron chi connectivity index (χ4n) is 3.04. The Bertz CT molecular complexity index is 857. The molecule has 2 heterocycles. The van der Waals surface area contributed by atoms with Gasteiger partial charge in [0.2, 0.25) is 0 Å². The van der Waals surface area contributed by atoms with Crippen LogP contribution in [0.5, 0.6) is 0 Å². The summed E-state index contributed by atoms with van der Waals surface area (Å²) in [5.41, 5.74) is 1.50. The third-order valence-electron chi connectivity index (χ3n) is 4.63. The van der Waals surface area contributed by atoms with Gasteiger partial charge in [0.05, 0.1) is 6.42 Å². The minimum Gasteiger partial charge on any atom is -0.355 e. The maximum Gasteiger partial charge on any atom is 0.257 e. The van der Waals surface area contributed by atoms with Crippen LogP contribution in [-0.2, 0) is 13.1 Å². The second kappa shape index (κ2) is 10.8. The van der Waals surface area contributed by atoms with Gasteiger partial charge in [-0.1, -0.05) is 0 Å². The van der Waals surface area contributed by atoms with E-state index in [2.05, 4.69) is 21.3 Å². The van der Waals surface area contributed by atoms with Crippen molar-refractivity contribution >= 4 is 23.6 Å². The van der Waals surface area contributed by atoms with Crippen LogP contribution >= 0.6 is 0 Å². The Morgan fingerprint density at radius 3 is 1.06 bits per heavy atom. The molecule has 31 heavy (non-hydrogen) atoms. The molecule has 2 rings (SSSR count). The van der Waals surface area contributed by atoms with Crippen LogP contribution < -0.4 is 30.4 Å². The molecule has 2 aromatic heterocycles. The molecule has 164 valence electrons. The van der Waals surface area contributed by atoms with Crippen molar-refractivity contribution in [2.75, 3.05) is 28.2 Å². The van der Waals surface area contributed by atoms with Crippen molar-refractivity contribution in [2.45, 2.75) is 19.5 Å². The molecule has 0 atom stereocenters. The molecule has 0 aliphatic carbocycles. The number of nitrogens with zero attached hydrogens (tertiary/aromatic N) is 2. The van der Waals surface area contributed by atoms with Gasteiger partial charge in [0, 0.05) is 28.2 Å². The van der Waals surface area contributed by atoms with Crippen LogP contribution in [0.3, 0.4) is 0 Å². The van der Waals surface area contributed by atoms with Crippen LogP contribution in [0, 0.1) is 0 Å². The van der Waals surface area contributed by atoms with Gasteiger partial charge in [-0.25, -0.2) is 9.13 Å². The number of hydrogen-bond acceptors (Lipinski definition) is 4. The van der Waals surface area contributed by atoms with E-state index in [1.165, 1.54) is 40.3 Å². The van der Waals surface area contributed by atoms with E-state index in [1.54, 1.807) is 33.9 Å². The molecule has 0 saturated heterocycles. The highest BCUT2D eigenvalue weighted by Gasteiger charge is 2.19. The number of carbonyl (C=O) groups excluding carboxylic acids is 4.